The molecule has 1 atom stereocenters. The van der Waals surface area contributed by atoms with Crippen LogP contribution in [0.15, 0.2) is 91.4 Å². The smallest absolute Gasteiger partial charge is 0.470 e. The van der Waals surface area contributed by atoms with Gasteiger partial charge in [0.2, 0.25) is 0 Å². The number of halogens is 4. The number of pyridine rings is 1. The van der Waals surface area contributed by atoms with Crippen LogP contribution < -0.4 is 4.74 Å². The van der Waals surface area contributed by atoms with E-state index < -0.39 is 55.3 Å². The summed E-state index contributed by atoms with van der Waals surface area (Å²) >= 11 is 0. The zero-order chi connectivity index (χ0) is 35.5. The molecule has 5 rings (SSSR count). The van der Waals surface area contributed by atoms with Crippen LogP contribution in [0.3, 0.4) is 0 Å². The molecule has 0 spiro atoms. The highest BCUT2D eigenvalue weighted by molar-refractivity contribution is 7.46. The number of nitriles is 1. The van der Waals surface area contributed by atoms with Crippen LogP contribution in [0.2, 0.25) is 0 Å². The molecule has 47 heavy (non-hydrogen) atoms. The lowest BCUT2D eigenvalue weighted by molar-refractivity contribution is -0.199. The molecule has 5 aromatic rings. The van der Waals surface area contributed by atoms with Crippen molar-refractivity contribution in [3.05, 3.63) is 137 Å². The summed E-state index contributed by atoms with van der Waals surface area (Å²) in [5.74, 6) is -1.57. The average molecular weight is 667 g/mol. The van der Waals surface area contributed by atoms with E-state index in [1.54, 1.807) is 0 Å². The van der Waals surface area contributed by atoms with Crippen molar-refractivity contribution < 1.29 is 43.9 Å². The molecule has 0 aliphatic rings. The fourth-order valence-corrected chi connectivity index (χ4v) is 5.01. The molecule has 238 valence electrons. The second-order valence-corrected chi connectivity index (χ2v) is 10.9. The van der Waals surface area contributed by atoms with Crippen LogP contribution >= 0.6 is 7.82 Å². The van der Waals surface area contributed by atoms with Gasteiger partial charge in [-0.25, -0.2) is 18.0 Å². The number of phosphoric ester groups is 1. The summed E-state index contributed by atoms with van der Waals surface area (Å²) in [6.45, 7) is -3.45. The third-order valence-electron chi connectivity index (χ3n) is 6.52. The van der Waals surface area contributed by atoms with Crippen LogP contribution in [0.5, 0.6) is 5.75 Å². The van der Waals surface area contributed by atoms with Gasteiger partial charge in [0.25, 0.3) is 0 Å². The Balaban J connectivity index is 1.41. The number of ether oxygens (including phenoxy) is 1. The quantitative estimate of drug-likeness (QED) is 0.118. The van der Waals surface area contributed by atoms with Gasteiger partial charge >= 0.3 is 13.7 Å². The van der Waals surface area contributed by atoms with Crippen LogP contribution in [0.4, 0.5) is 17.6 Å². The summed E-state index contributed by atoms with van der Waals surface area (Å²) in [6.07, 6.45) is 1.77. The molecule has 0 aliphatic carbocycles. The van der Waals surface area contributed by atoms with Crippen molar-refractivity contribution in [1.29, 1.82) is 5.26 Å². The lowest BCUT2D eigenvalue weighted by atomic mass is 9.84. The van der Waals surface area contributed by atoms with Gasteiger partial charge in [-0.2, -0.15) is 14.0 Å². The minimum absolute atomic E-state index is 0.131. The highest BCUT2D eigenvalue weighted by atomic mass is 31.2. The van der Waals surface area contributed by atoms with Crippen LogP contribution in [-0.2, 0) is 33.7 Å². The van der Waals surface area contributed by atoms with E-state index in [0.29, 0.717) is 27.9 Å². The average Bonchev–Trinajstić information content (AvgIpc) is 3.56. The first-order valence-electron chi connectivity index (χ1n) is 14.2. The predicted octanol–water partition coefficient (Wildman–Crippen LogP) is 4.99. The van der Waals surface area contributed by atoms with Crippen molar-refractivity contribution in [2.24, 2.45) is 0 Å². The zero-order valence-electron chi connectivity index (χ0n) is 25.6. The lowest BCUT2D eigenvalue weighted by Gasteiger charge is -2.39. The number of alkyl halides is 2. The minimum atomic E-state index is -5.82. The van der Waals surface area contributed by atoms with E-state index in [1.807, 2.05) is 6.07 Å². The Morgan fingerprint density at radius 2 is 1.64 bits per heavy atom. The molecule has 2 N–H and O–H groups in total. The molecule has 16 heteroatoms. The number of hydrogen-bond donors (Lipinski definition) is 2. The van der Waals surface area contributed by atoms with Gasteiger partial charge in [0.15, 0.2) is 5.60 Å². The molecule has 0 aliphatic heterocycles. The van der Waals surface area contributed by atoms with Crippen LogP contribution in [0.1, 0.15) is 36.3 Å². The summed E-state index contributed by atoms with van der Waals surface area (Å²) in [5.41, 5.74) is -4.64. The number of aromatic nitrogens is 5. The summed E-state index contributed by atoms with van der Waals surface area (Å²) in [4.78, 5) is 23.1. The van der Waals surface area contributed by atoms with Gasteiger partial charge in [0.1, 0.15) is 36.0 Å². The molecule has 0 saturated heterocycles. The SMILES string of the molecule is [2H]C([2H])(Oc1ccc(C#Cc2ccc(C(F)(F)[C@@](Cn3cnnn3)(OP(=O)(O)O)c3ccc(F)cc3F)nc2)cc1)c1ccc(C#N)cc1. The number of benzene rings is 3. The van der Waals surface area contributed by atoms with E-state index in [2.05, 4.69) is 36.9 Å². The maximum Gasteiger partial charge on any atom is 0.470 e. The van der Waals surface area contributed by atoms with Crippen molar-refractivity contribution >= 4 is 7.82 Å². The number of hydrogen-bond acceptors (Lipinski definition) is 8. The largest absolute Gasteiger partial charge is 0.489 e. The van der Waals surface area contributed by atoms with Crippen molar-refractivity contribution in [2.75, 3.05) is 0 Å². The number of tetrazole rings is 1. The second-order valence-electron chi connectivity index (χ2n) is 9.71. The Morgan fingerprint density at radius 3 is 2.23 bits per heavy atom. The lowest BCUT2D eigenvalue weighted by Crippen LogP contribution is -2.49. The Morgan fingerprint density at radius 1 is 0.957 bits per heavy atom. The Bertz CT molecular complexity index is 2100. The van der Waals surface area contributed by atoms with Gasteiger partial charge in [0.05, 0.1) is 20.9 Å². The molecular weight excluding hydrogens is 643 g/mol. The van der Waals surface area contributed by atoms with E-state index in [1.165, 1.54) is 48.5 Å². The zero-order valence-corrected chi connectivity index (χ0v) is 24.5. The minimum Gasteiger partial charge on any atom is -0.489 e. The van der Waals surface area contributed by atoms with Crippen molar-refractivity contribution in [3.63, 3.8) is 0 Å². The summed E-state index contributed by atoms with van der Waals surface area (Å²) < 4.78 is 101. The van der Waals surface area contributed by atoms with Gasteiger partial charge in [-0.3, -0.25) is 9.51 Å². The third kappa shape index (κ3) is 7.69. The summed E-state index contributed by atoms with van der Waals surface area (Å²) in [6, 6.07) is 17.1. The van der Waals surface area contributed by atoms with E-state index in [-0.39, 0.29) is 22.9 Å². The number of rotatable bonds is 10. The van der Waals surface area contributed by atoms with E-state index in [0.717, 1.165) is 24.7 Å². The second kappa shape index (κ2) is 13.5. The first-order valence-corrected chi connectivity index (χ1v) is 14.7. The molecule has 0 saturated carbocycles. The molecule has 0 radical (unpaired) electrons. The first-order chi connectivity index (χ1) is 23.1. The normalized spacial score (nSPS) is 13.7. The molecule has 3 aromatic carbocycles. The predicted molar refractivity (Wildman–Crippen MR) is 155 cm³/mol. The monoisotopic (exact) mass is 666 g/mol. The summed E-state index contributed by atoms with van der Waals surface area (Å²) in [5, 5.41) is 19.0. The standard InChI is InChI=1S/C31H21F4N6O5P/c32-25-10-13-27(28(33)15-25)30(46-47(42,43)44,19-41-20-38-39-40-41)31(34,35)29-14-9-23(17-37-29)4-1-21-7-11-26(12-8-21)45-18-24-5-2-22(16-36)3-6-24/h2-3,5-15,17,20H,18-19H2,(H2,42,43,44)/t30-/m0/s1/i18D2. The van der Waals surface area contributed by atoms with Gasteiger partial charge in [-0.05, 0) is 76.7 Å². The topological polar surface area (TPSA) is 156 Å². The highest BCUT2D eigenvalue weighted by Gasteiger charge is 2.62. The fourth-order valence-electron chi connectivity index (χ4n) is 4.33. The molecule has 0 unspecified atom stereocenters. The number of nitrogens with zero attached hydrogens (tertiary/aromatic N) is 6. The van der Waals surface area contributed by atoms with Gasteiger partial charge in [-0.15, -0.1) is 5.10 Å². The van der Waals surface area contributed by atoms with Gasteiger partial charge in [-0.1, -0.05) is 24.0 Å². The van der Waals surface area contributed by atoms with Gasteiger partial charge in [0, 0.05) is 29.0 Å². The third-order valence-corrected chi connectivity index (χ3v) is 7.07. The Hall–Kier alpha value is -5.44. The maximum absolute atomic E-state index is 16.5. The molecule has 0 bridgehead atoms. The van der Waals surface area contributed by atoms with Crippen LogP contribution in [0.25, 0.3) is 0 Å². The molecule has 2 heterocycles. The maximum atomic E-state index is 16.5. The first kappa shape index (κ1) is 30.2. The van der Waals surface area contributed by atoms with Crippen LogP contribution in [-0.4, -0.2) is 35.0 Å². The Labute approximate surface area is 267 Å². The molecule has 11 nitrogen and oxygen atoms in total. The van der Waals surface area contributed by atoms with Crippen molar-refractivity contribution in [3.8, 4) is 23.7 Å². The number of phosphoric acid groups is 1. The summed E-state index contributed by atoms with van der Waals surface area (Å²) in [7, 11) is -5.82. The van der Waals surface area contributed by atoms with Crippen LogP contribution in [0, 0.1) is 34.8 Å². The van der Waals surface area contributed by atoms with Gasteiger partial charge < -0.3 is 14.5 Å². The van der Waals surface area contributed by atoms with E-state index in [9.17, 15) is 18.7 Å². The molecule has 0 amide bonds. The van der Waals surface area contributed by atoms with Crippen molar-refractivity contribution in [1.82, 2.24) is 25.2 Å². The Kier molecular flexibility index (Phi) is 8.68. The molecular formula is C31H21F4N6O5P. The molecule has 0 fully saturated rings. The van der Waals surface area contributed by atoms with E-state index in [4.69, 9.17) is 12.7 Å². The van der Waals surface area contributed by atoms with E-state index >= 15 is 13.2 Å². The molecule has 2 aromatic heterocycles. The van der Waals surface area contributed by atoms with Crippen molar-refractivity contribution in [2.45, 2.75) is 24.6 Å². The fraction of sp³-hybridized carbons (Fsp3) is 0.129. The highest BCUT2D eigenvalue weighted by Crippen LogP contribution is 2.56.